The Hall–Kier alpha value is -3.00. The van der Waals surface area contributed by atoms with Gasteiger partial charge in [0.25, 0.3) is 0 Å². The van der Waals surface area contributed by atoms with E-state index < -0.39 is 9.84 Å². The molecular formula is C25H21Cl2N3O3S. The van der Waals surface area contributed by atoms with Gasteiger partial charge in [0.15, 0.2) is 0 Å². The molecule has 1 fully saturated rings. The first-order valence-corrected chi connectivity index (χ1v) is 13.0. The number of anilines is 2. The van der Waals surface area contributed by atoms with Crippen molar-refractivity contribution >= 4 is 44.6 Å². The molecule has 0 unspecified atom stereocenters. The molecule has 34 heavy (non-hydrogen) atoms. The number of rotatable bonds is 5. The number of aromatic nitrogens is 1. The lowest BCUT2D eigenvalue weighted by molar-refractivity contribution is 0.525. The highest BCUT2D eigenvalue weighted by molar-refractivity contribution is 7.91. The first kappa shape index (κ1) is 22.8. The Labute approximate surface area is 208 Å². The van der Waals surface area contributed by atoms with Gasteiger partial charge in [-0.3, -0.25) is 0 Å². The summed E-state index contributed by atoms with van der Waals surface area (Å²) in [5, 5.41) is 0.924. The second-order valence-corrected chi connectivity index (χ2v) is 10.6. The van der Waals surface area contributed by atoms with Crippen LogP contribution in [-0.2, 0) is 9.84 Å². The van der Waals surface area contributed by atoms with Crippen LogP contribution in [0.1, 0.15) is 0 Å². The number of benzene rings is 3. The molecular weight excluding hydrogens is 493 g/mol. The van der Waals surface area contributed by atoms with Gasteiger partial charge in [-0.25, -0.2) is 8.42 Å². The fourth-order valence-electron chi connectivity index (χ4n) is 3.92. The lowest BCUT2D eigenvalue weighted by Gasteiger charge is -2.36. The number of oxazole rings is 1. The molecule has 6 nitrogen and oxygen atoms in total. The second-order valence-electron chi connectivity index (χ2n) is 7.90. The Kier molecular flexibility index (Phi) is 6.25. The molecule has 5 rings (SSSR count). The molecule has 9 heteroatoms. The van der Waals surface area contributed by atoms with Crippen LogP contribution in [0, 0.1) is 0 Å². The molecule has 0 aliphatic carbocycles. The largest absolute Gasteiger partial charge is 0.419 e. The van der Waals surface area contributed by atoms with Gasteiger partial charge in [-0.2, -0.15) is 4.98 Å². The maximum absolute atomic E-state index is 13.6. The van der Waals surface area contributed by atoms with E-state index in [0.717, 1.165) is 18.8 Å². The Bertz CT molecular complexity index is 1380. The van der Waals surface area contributed by atoms with Crippen molar-refractivity contribution < 1.29 is 12.8 Å². The molecule has 1 aromatic heterocycles. The van der Waals surface area contributed by atoms with Crippen molar-refractivity contribution in [2.45, 2.75) is 9.92 Å². The minimum absolute atomic E-state index is 0.104. The maximum atomic E-state index is 13.6. The first-order valence-electron chi connectivity index (χ1n) is 10.7. The molecule has 0 saturated carbocycles. The minimum atomic E-state index is -3.94. The van der Waals surface area contributed by atoms with Crippen molar-refractivity contribution in [1.82, 2.24) is 4.98 Å². The topological polar surface area (TPSA) is 66.7 Å². The molecule has 4 aromatic rings. The molecule has 174 valence electrons. The van der Waals surface area contributed by atoms with Crippen molar-refractivity contribution in [1.29, 1.82) is 0 Å². The van der Waals surface area contributed by atoms with Crippen LogP contribution in [0.15, 0.2) is 93.2 Å². The second kappa shape index (κ2) is 9.33. The summed E-state index contributed by atoms with van der Waals surface area (Å²) in [6.07, 6.45) is 0. The van der Waals surface area contributed by atoms with E-state index in [4.69, 9.17) is 27.6 Å². The average Bonchev–Trinajstić information content (AvgIpc) is 3.32. The Balaban J connectivity index is 1.52. The van der Waals surface area contributed by atoms with Gasteiger partial charge in [-0.15, -0.1) is 0 Å². The van der Waals surface area contributed by atoms with Crippen molar-refractivity contribution in [3.05, 3.63) is 88.9 Å². The lowest BCUT2D eigenvalue weighted by atomic mass is 10.2. The van der Waals surface area contributed by atoms with Gasteiger partial charge < -0.3 is 14.2 Å². The van der Waals surface area contributed by atoms with Crippen LogP contribution >= 0.6 is 23.2 Å². The zero-order valence-corrected chi connectivity index (χ0v) is 20.4. The van der Waals surface area contributed by atoms with E-state index in [2.05, 4.69) is 22.0 Å². The molecule has 3 aromatic carbocycles. The van der Waals surface area contributed by atoms with Crippen molar-refractivity contribution in [3.63, 3.8) is 0 Å². The monoisotopic (exact) mass is 513 g/mol. The molecule has 0 N–H and O–H groups in total. The normalized spacial score (nSPS) is 14.4. The standard InChI is InChI=1S/C25H21Cl2N3O3S/c26-19-8-6-18(7-9-19)23-28-24(34(31,32)22-12-10-20(27)11-13-22)25(33-23)30-16-14-29(15-17-30)21-4-2-1-3-5-21/h1-13H,14-17H2. The van der Waals surface area contributed by atoms with Gasteiger partial charge in [0, 0.05) is 47.5 Å². The first-order chi connectivity index (χ1) is 16.4. The highest BCUT2D eigenvalue weighted by Gasteiger charge is 2.33. The van der Waals surface area contributed by atoms with Crippen LogP contribution in [0.25, 0.3) is 11.5 Å². The molecule has 0 spiro atoms. The number of sulfone groups is 1. The third kappa shape index (κ3) is 4.51. The summed E-state index contributed by atoms with van der Waals surface area (Å²) in [5.41, 5.74) is 1.78. The average molecular weight is 514 g/mol. The summed E-state index contributed by atoms with van der Waals surface area (Å²) in [5.74, 6) is 0.470. The maximum Gasteiger partial charge on any atom is 0.236 e. The molecule has 0 atom stereocenters. The number of hydrogen-bond acceptors (Lipinski definition) is 6. The number of halogens is 2. The smallest absolute Gasteiger partial charge is 0.236 e. The van der Waals surface area contributed by atoms with Gasteiger partial charge in [0.05, 0.1) is 4.90 Å². The minimum Gasteiger partial charge on any atom is -0.419 e. The number of nitrogens with zero attached hydrogens (tertiary/aromatic N) is 3. The fraction of sp³-hybridized carbons (Fsp3) is 0.160. The van der Waals surface area contributed by atoms with Crippen LogP contribution in [-0.4, -0.2) is 39.6 Å². The van der Waals surface area contributed by atoms with Crippen LogP contribution in [0.4, 0.5) is 11.6 Å². The van der Waals surface area contributed by atoms with E-state index in [1.54, 1.807) is 36.4 Å². The summed E-state index contributed by atoms with van der Waals surface area (Å²) in [7, 11) is -3.94. The van der Waals surface area contributed by atoms with E-state index in [1.165, 1.54) is 12.1 Å². The van der Waals surface area contributed by atoms with Gasteiger partial charge in [-0.1, -0.05) is 41.4 Å². The summed E-state index contributed by atoms with van der Waals surface area (Å²) in [6.45, 7) is 2.63. The SMILES string of the molecule is O=S(=O)(c1ccc(Cl)cc1)c1nc(-c2ccc(Cl)cc2)oc1N1CCN(c2ccccc2)CC1. The Morgan fingerprint density at radius 2 is 1.29 bits per heavy atom. The number of para-hydroxylation sites is 1. The predicted octanol–water partition coefficient (Wildman–Crippen LogP) is 5.81. The van der Waals surface area contributed by atoms with Crippen LogP contribution in [0.3, 0.4) is 0 Å². The van der Waals surface area contributed by atoms with Crippen LogP contribution in [0.2, 0.25) is 10.0 Å². The zero-order chi connectivity index (χ0) is 23.7. The summed E-state index contributed by atoms with van der Waals surface area (Å²) in [4.78, 5) is 8.76. The summed E-state index contributed by atoms with van der Waals surface area (Å²) in [6, 6.07) is 23.1. The van der Waals surface area contributed by atoms with Gasteiger partial charge in [0.1, 0.15) is 0 Å². The Morgan fingerprint density at radius 3 is 1.91 bits per heavy atom. The fourth-order valence-corrected chi connectivity index (χ4v) is 5.49. The van der Waals surface area contributed by atoms with Gasteiger partial charge >= 0.3 is 0 Å². The van der Waals surface area contributed by atoms with Gasteiger partial charge in [0.2, 0.25) is 26.6 Å². The molecule has 0 bridgehead atoms. The lowest BCUT2D eigenvalue weighted by Crippen LogP contribution is -2.46. The molecule has 0 amide bonds. The molecule has 2 heterocycles. The summed E-state index contributed by atoms with van der Waals surface area (Å²) < 4.78 is 33.2. The summed E-state index contributed by atoms with van der Waals surface area (Å²) >= 11 is 12.0. The molecule has 1 saturated heterocycles. The quantitative estimate of drug-likeness (QED) is 0.335. The Morgan fingerprint density at radius 1 is 0.735 bits per heavy atom. The third-order valence-electron chi connectivity index (χ3n) is 5.74. The highest BCUT2D eigenvalue weighted by atomic mass is 35.5. The van der Waals surface area contributed by atoms with Crippen LogP contribution in [0.5, 0.6) is 0 Å². The van der Waals surface area contributed by atoms with E-state index in [9.17, 15) is 8.42 Å². The van der Waals surface area contributed by atoms with E-state index in [1.807, 2.05) is 23.1 Å². The number of piperazine rings is 1. The molecule has 1 aliphatic rings. The van der Waals surface area contributed by atoms with Crippen molar-refractivity contribution in [2.24, 2.45) is 0 Å². The van der Waals surface area contributed by atoms with Crippen molar-refractivity contribution in [2.75, 3.05) is 36.0 Å². The van der Waals surface area contributed by atoms with Gasteiger partial charge in [-0.05, 0) is 60.7 Å². The number of hydrogen-bond donors (Lipinski definition) is 0. The molecule has 0 radical (unpaired) electrons. The highest BCUT2D eigenvalue weighted by Crippen LogP contribution is 2.36. The van der Waals surface area contributed by atoms with E-state index in [-0.39, 0.29) is 21.7 Å². The molecule has 1 aliphatic heterocycles. The zero-order valence-electron chi connectivity index (χ0n) is 18.1. The van der Waals surface area contributed by atoms with E-state index in [0.29, 0.717) is 28.7 Å². The van der Waals surface area contributed by atoms with Crippen LogP contribution < -0.4 is 9.80 Å². The van der Waals surface area contributed by atoms with Crippen molar-refractivity contribution in [3.8, 4) is 11.5 Å². The predicted molar refractivity (Wildman–Crippen MR) is 135 cm³/mol. The van der Waals surface area contributed by atoms with E-state index >= 15 is 0 Å². The third-order valence-corrected chi connectivity index (χ3v) is 7.91.